The number of nitrogens with two attached hydrogens (primary N) is 1. The fourth-order valence-corrected chi connectivity index (χ4v) is 1.49. The van der Waals surface area contributed by atoms with Gasteiger partial charge in [0.15, 0.2) is 0 Å². The van der Waals surface area contributed by atoms with E-state index < -0.39 is 0 Å². The average Bonchev–Trinajstić information content (AvgIpc) is 1.99. The van der Waals surface area contributed by atoms with E-state index in [1.54, 1.807) is 6.07 Å². The predicted molar refractivity (Wildman–Crippen MR) is 50.7 cm³/mol. The molecule has 0 aliphatic carbocycles. The van der Waals surface area contributed by atoms with E-state index >= 15 is 0 Å². The van der Waals surface area contributed by atoms with E-state index in [0.717, 1.165) is 25.2 Å². The zero-order valence-corrected chi connectivity index (χ0v) is 7.46. The Labute approximate surface area is 77.2 Å². The van der Waals surface area contributed by atoms with Crippen LogP contribution in [0.5, 0.6) is 0 Å². The van der Waals surface area contributed by atoms with E-state index in [9.17, 15) is 4.39 Å². The maximum atomic E-state index is 12.7. The molecular formula is C10H13FN2. The van der Waals surface area contributed by atoms with Crippen LogP contribution in [0.2, 0.25) is 0 Å². The molecule has 2 rings (SSSR count). The molecule has 70 valence electrons. The minimum absolute atomic E-state index is 0.259. The van der Waals surface area contributed by atoms with Crippen LogP contribution in [0.1, 0.15) is 12.0 Å². The van der Waals surface area contributed by atoms with Crippen molar-refractivity contribution in [2.45, 2.75) is 13.0 Å². The van der Waals surface area contributed by atoms with Crippen molar-refractivity contribution in [3.05, 3.63) is 29.6 Å². The fourth-order valence-electron chi connectivity index (χ4n) is 1.49. The van der Waals surface area contributed by atoms with Crippen molar-refractivity contribution in [1.82, 2.24) is 4.90 Å². The number of hydrogen-bond acceptors (Lipinski definition) is 2. The number of halogens is 1. The van der Waals surface area contributed by atoms with E-state index in [4.69, 9.17) is 5.73 Å². The summed E-state index contributed by atoms with van der Waals surface area (Å²) in [6.45, 7) is 3.12. The molecule has 2 nitrogen and oxygen atoms in total. The van der Waals surface area contributed by atoms with Crippen molar-refractivity contribution in [3.8, 4) is 0 Å². The molecule has 1 aliphatic rings. The molecule has 0 unspecified atom stereocenters. The van der Waals surface area contributed by atoms with Gasteiger partial charge in [0, 0.05) is 12.2 Å². The molecule has 2 N–H and O–H groups in total. The third-order valence-corrected chi connectivity index (χ3v) is 2.45. The lowest BCUT2D eigenvalue weighted by atomic mass is 10.1. The van der Waals surface area contributed by atoms with Crippen molar-refractivity contribution < 1.29 is 4.39 Å². The monoisotopic (exact) mass is 180 g/mol. The third-order valence-electron chi connectivity index (χ3n) is 2.45. The second-order valence-corrected chi connectivity index (χ2v) is 3.47. The van der Waals surface area contributed by atoms with Crippen molar-refractivity contribution in [3.63, 3.8) is 0 Å². The van der Waals surface area contributed by atoms with E-state index in [2.05, 4.69) is 4.90 Å². The quantitative estimate of drug-likeness (QED) is 0.701. The SMILES string of the molecule is Nc1cc(F)ccc1CN1CCC1. The van der Waals surface area contributed by atoms with Crippen LogP contribution in [0.25, 0.3) is 0 Å². The summed E-state index contributed by atoms with van der Waals surface area (Å²) in [4.78, 5) is 2.30. The summed E-state index contributed by atoms with van der Waals surface area (Å²) in [7, 11) is 0. The van der Waals surface area contributed by atoms with Crippen LogP contribution in [0.15, 0.2) is 18.2 Å². The zero-order chi connectivity index (χ0) is 9.26. The van der Waals surface area contributed by atoms with Crippen LogP contribution in [0.4, 0.5) is 10.1 Å². The molecule has 0 spiro atoms. The highest BCUT2D eigenvalue weighted by Gasteiger charge is 2.14. The second kappa shape index (κ2) is 3.34. The van der Waals surface area contributed by atoms with Crippen molar-refractivity contribution in [2.75, 3.05) is 18.8 Å². The van der Waals surface area contributed by atoms with E-state index in [1.807, 2.05) is 0 Å². The van der Waals surface area contributed by atoms with Gasteiger partial charge < -0.3 is 5.73 Å². The van der Waals surface area contributed by atoms with E-state index in [-0.39, 0.29) is 5.82 Å². The van der Waals surface area contributed by atoms with Crippen molar-refractivity contribution >= 4 is 5.69 Å². The first-order valence-corrected chi connectivity index (χ1v) is 4.52. The highest BCUT2D eigenvalue weighted by atomic mass is 19.1. The predicted octanol–water partition coefficient (Wildman–Crippen LogP) is 1.61. The van der Waals surface area contributed by atoms with Crippen LogP contribution in [0.3, 0.4) is 0 Å². The molecule has 0 atom stereocenters. The fraction of sp³-hybridized carbons (Fsp3) is 0.400. The van der Waals surface area contributed by atoms with Crippen LogP contribution in [0, 0.1) is 5.82 Å². The normalized spacial score (nSPS) is 17.0. The lowest BCUT2D eigenvalue weighted by molar-refractivity contribution is 0.173. The number of likely N-dealkylation sites (tertiary alicyclic amines) is 1. The highest BCUT2D eigenvalue weighted by Crippen LogP contribution is 2.18. The molecule has 0 bridgehead atoms. The Morgan fingerprint density at radius 2 is 2.15 bits per heavy atom. The number of nitrogens with zero attached hydrogens (tertiary/aromatic N) is 1. The molecular weight excluding hydrogens is 167 g/mol. The minimum atomic E-state index is -0.259. The molecule has 0 amide bonds. The standard InChI is InChI=1S/C10H13FN2/c11-9-3-2-8(10(12)6-9)7-13-4-1-5-13/h2-3,6H,1,4-5,7,12H2. The van der Waals surface area contributed by atoms with Gasteiger partial charge >= 0.3 is 0 Å². The number of benzene rings is 1. The van der Waals surface area contributed by atoms with E-state index in [0.29, 0.717) is 5.69 Å². The zero-order valence-electron chi connectivity index (χ0n) is 7.46. The van der Waals surface area contributed by atoms with Gasteiger partial charge in [-0.1, -0.05) is 6.07 Å². The summed E-state index contributed by atoms with van der Waals surface area (Å²) in [5.41, 5.74) is 7.27. The van der Waals surface area contributed by atoms with Gasteiger partial charge in [0.25, 0.3) is 0 Å². The number of anilines is 1. The summed E-state index contributed by atoms with van der Waals surface area (Å²) < 4.78 is 12.7. The second-order valence-electron chi connectivity index (χ2n) is 3.47. The largest absolute Gasteiger partial charge is 0.398 e. The number of rotatable bonds is 2. The lowest BCUT2D eigenvalue weighted by Gasteiger charge is -2.31. The summed E-state index contributed by atoms with van der Waals surface area (Å²) in [6, 6.07) is 4.61. The summed E-state index contributed by atoms with van der Waals surface area (Å²) in [5, 5.41) is 0. The number of nitrogen functional groups attached to an aromatic ring is 1. The first-order valence-electron chi connectivity index (χ1n) is 4.52. The Bertz CT molecular complexity index is 308. The molecule has 0 saturated carbocycles. The van der Waals surface area contributed by atoms with E-state index in [1.165, 1.54) is 18.6 Å². The maximum Gasteiger partial charge on any atom is 0.125 e. The van der Waals surface area contributed by atoms with Crippen LogP contribution >= 0.6 is 0 Å². The van der Waals surface area contributed by atoms with Gasteiger partial charge in [0.2, 0.25) is 0 Å². The Morgan fingerprint density at radius 1 is 1.38 bits per heavy atom. The Hall–Kier alpha value is -1.09. The highest BCUT2D eigenvalue weighted by molar-refractivity contribution is 5.46. The van der Waals surface area contributed by atoms with Crippen molar-refractivity contribution in [1.29, 1.82) is 0 Å². The molecule has 13 heavy (non-hydrogen) atoms. The van der Waals surface area contributed by atoms with Crippen LogP contribution in [-0.4, -0.2) is 18.0 Å². The molecule has 1 saturated heterocycles. The summed E-state index contributed by atoms with van der Waals surface area (Å²) in [5.74, 6) is -0.259. The van der Waals surface area contributed by atoms with Gasteiger partial charge in [-0.15, -0.1) is 0 Å². The van der Waals surface area contributed by atoms with Crippen molar-refractivity contribution in [2.24, 2.45) is 0 Å². The minimum Gasteiger partial charge on any atom is -0.398 e. The topological polar surface area (TPSA) is 29.3 Å². The van der Waals surface area contributed by atoms with Crippen LogP contribution < -0.4 is 5.73 Å². The first kappa shape index (κ1) is 8.51. The van der Waals surface area contributed by atoms with Gasteiger partial charge in [0.1, 0.15) is 5.82 Å². The van der Waals surface area contributed by atoms with Gasteiger partial charge in [-0.25, -0.2) is 4.39 Å². The molecule has 3 heteroatoms. The molecule has 1 heterocycles. The summed E-state index contributed by atoms with van der Waals surface area (Å²) >= 11 is 0. The molecule has 1 aromatic carbocycles. The van der Waals surface area contributed by atoms with Gasteiger partial charge in [-0.2, -0.15) is 0 Å². The molecule has 0 radical (unpaired) electrons. The van der Waals surface area contributed by atoms with Crippen LogP contribution in [-0.2, 0) is 6.54 Å². The Kier molecular flexibility index (Phi) is 2.19. The molecule has 1 fully saturated rings. The molecule has 1 aromatic rings. The molecule has 0 aromatic heterocycles. The third kappa shape index (κ3) is 1.80. The summed E-state index contributed by atoms with van der Waals surface area (Å²) in [6.07, 6.45) is 1.26. The Balaban J connectivity index is 2.10. The van der Waals surface area contributed by atoms with Gasteiger partial charge in [-0.3, -0.25) is 4.90 Å². The average molecular weight is 180 g/mol. The van der Waals surface area contributed by atoms with Gasteiger partial charge in [0.05, 0.1) is 0 Å². The smallest absolute Gasteiger partial charge is 0.125 e. The Morgan fingerprint density at radius 3 is 2.69 bits per heavy atom. The lowest BCUT2D eigenvalue weighted by Crippen LogP contribution is -2.36. The first-order chi connectivity index (χ1) is 6.25. The maximum absolute atomic E-state index is 12.7. The number of hydrogen-bond donors (Lipinski definition) is 1. The molecule has 1 aliphatic heterocycles. The van der Waals surface area contributed by atoms with Gasteiger partial charge in [-0.05, 0) is 37.2 Å².